The predicted octanol–water partition coefficient (Wildman–Crippen LogP) is 1.36. The number of carbonyl (C=O) groups excluding carboxylic acids is 1. The van der Waals surface area contributed by atoms with Gasteiger partial charge >= 0.3 is 0 Å². The van der Waals surface area contributed by atoms with Crippen molar-refractivity contribution in [2.75, 3.05) is 32.5 Å². The second-order valence-corrected chi connectivity index (χ2v) is 9.09. The number of hydrogen-bond donors (Lipinski definition) is 2. The smallest absolute Gasteiger partial charge is 0.227 e. The third kappa shape index (κ3) is 3.98. The number of carbonyl (C=O) groups is 1. The van der Waals surface area contributed by atoms with Gasteiger partial charge < -0.3 is 15.4 Å². The molecule has 1 saturated heterocycles. The van der Waals surface area contributed by atoms with Crippen LogP contribution in [0.1, 0.15) is 25.7 Å². The molecule has 7 heteroatoms. The molecule has 0 radical (unpaired) electrons. The summed E-state index contributed by atoms with van der Waals surface area (Å²) in [5, 5.41) is 6.40. The molecular weight excluding hydrogens is 340 g/mol. The topological polar surface area (TPSA) is 84.5 Å². The van der Waals surface area contributed by atoms with Gasteiger partial charge in [-0.2, -0.15) is 0 Å². The van der Waals surface area contributed by atoms with Crippen molar-refractivity contribution in [1.29, 1.82) is 0 Å². The summed E-state index contributed by atoms with van der Waals surface area (Å²) in [7, 11) is -3.20. The molecule has 1 saturated carbocycles. The normalized spacial score (nSPS) is 26.0. The minimum atomic E-state index is -3.20. The molecule has 2 N–H and O–H groups in total. The van der Waals surface area contributed by atoms with Gasteiger partial charge in [-0.05, 0) is 49.6 Å². The summed E-state index contributed by atoms with van der Waals surface area (Å²) in [6.07, 6.45) is 5.60. The Hall–Kier alpha value is -1.60. The summed E-state index contributed by atoms with van der Waals surface area (Å²) < 4.78 is 28.4. The van der Waals surface area contributed by atoms with Crippen LogP contribution in [0.5, 0.6) is 5.75 Å². The minimum Gasteiger partial charge on any atom is -0.492 e. The van der Waals surface area contributed by atoms with Crippen LogP contribution in [-0.2, 0) is 14.6 Å². The molecule has 1 aliphatic carbocycles. The molecule has 1 heterocycles. The molecule has 2 fully saturated rings. The van der Waals surface area contributed by atoms with Crippen molar-refractivity contribution in [1.82, 2.24) is 10.6 Å². The highest BCUT2D eigenvalue weighted by atomic mass is 32.2. The zero-order chi connectivity index (χ0) is 17.9. The standard InChI is InChI=1S/C18H26N2O4S/c1-25(22,23)16-7-5-15(6-8-16)24-11-10-20-17(21)18-9-3-2-4-14(18)12-19-13-18/h5-8,14,19H,2-4,9-13H2,1H3,(H,20,21)/t14-,18+/m0/s1. The summed E-state index contributed by atoms with van der Waals surface area (Å²) in [6, 6.07) is 6.32. The highest BCUT2D eigenvalue weighted by Crippen LogP contribution is 2.43. The lowest BCUT2D eigenvalue weighted by Crippen LogP contribution is -2.48. The van der Waals surface area contributed by atoms with E-state index in [4.69, 9.17) is 4.74 Å². The van der Waals surface area contributed by atoms with Crippen molar-refractivity contribution in [2.24, 2.45) is 11.3 Å². The zero-order valence-electron chi connectivity index (χ0n) is 14.6. The van der Waals surface area contributed by atoms with Crippen LogP contribution in [0.4, 0.5) is 0 Å². The number of nitrogens with one attached hydrogen (secondary N) is 2. The van der Waals surface area contributed by atoms with E-state index in [0.29, 0.717) is 24.8 Å². The molecule has 1 aromatic carbocycles. The van der Waals surface area contributed by atoms with Crippen molar-refractivity contribution in [3.05, 3.63) is 24.3 Å². The molecule has 3 rings (SSSR count). The van der Waals surface area contributed by atoms with Crippen LogP contribution in [-0.4, -0.2) is 46.8 Å². The number of ether oxygens (including phenoxy) is 1. The largest absolute Gasteiger partial charge is 0.492 e. The highest BCUT2D eigenvalue weighted by Gasteiger charge is 2.49. The van der Waals surface area contributed by atoms with Gasteiger partial charge in [-0.3, -0.25) is 4.79 Å². The number of fused-ring (bicyclic) bond motifs is 1. The molecule has 2 atom stereocenters. The Morgan fingerprint density at radius 1 is 1.32 bits per heavy atom. The molecule has 1 aliphatic heterocycles. The predicted molar refractivity (Wildman–Crippen MR) is 95.3 cm³/mol. The second-order valence-electron chi connectivity index (χ2n) is 7.08. The van der Waals surface area contributed by atoms with Gasteiger partial charge in [0.1, 0.15) is 12.4 Å². The molecule has 25 heavy (non-hydrogen) atoms. The first-order valence-corrected chi connectivity index (χ1v) is 10.7. The van der Waals surface area contributed by atoms with Crippen molar-refractivity contribution < 1.29 is 17.9 Å². The van der Waals surface area contributed by atoms with Gasteiger partial charge in [0.25, 0.3) is 0 Å². The number of amides is 1. The van der Waals surface area contributed by atoms with Crippen LogP contribution in [0.15, 0.2) is 29.2 Å². The van der Waals surface area contributed by atoms with Crippen LogP contribution in [0.25, 0.3) is 0 Å². The molecule has 138 valence electrons. The first-order valence-electron chi connectivity index (χ1n) is 8.84. The van der Waals surface area contributed by atoms with E-state index in [2.05, 4.69) is 10.6 Å². The maximum atomic E-state index is 12.7. The molecular formula is C18H26N2O4S. The van der Waals surface area contributed by atoms with E-state index >= 15 is 0 Å². The molecule has 1 aromatic rings. The van der Waals surface area contributed by atoms with Crippen LogP contribution in [0.2, 0.25) is 0 Å². The van der Waals surface area contributed by atoms with Gasteiger partial charge in [0.15, 0.2) is 9.84 Å². The summed E-state index contributed by atoms with van der Waals surface area (Å²) in [4.78, 5) is 13.0. The van der Waals surface area contributed by atoms with Crippen LogP contribution >= 0.6 is 0 Å². The fourth-order valence-corrected chi connectivity index (χ4v) is 4.61. The van der Waals surface area contributed by atoms with Crippen molar-refractivity contribution in [3.8, 4) is 5.75 Å². The zero-order valence-corrected chi connectivity index (χ0v) is 15.4. The Kier molecular flexibility index (Phi) is 5.34. The average molecular weight is 366 g/mol. The molecule has 0 aromatic heterocycles. The van der Waals surface area contributed by atoms with Crippen molar-refractivity contribution >= 4 is 15.7 Å². The van der Waals surface area contributed by atoms with Gasteiger partial charge in [0.2, 0.25) is 5.91 Å². The Bertz CT molecular complexity index is 717. The lowest BCUT2D eigenvalue weighted by molar-refractivity contribution is -0.134. The molecule has 0 spiro atoms. The van der Waals surface area contributed by atoms with E-state index < -0.39 is 9.84 Å². The van der Waals surface area contributed by atoms with Crippen molar-refractivity contribution in [2.45, 2.75) is 30.6 Å². The van der Waals surface area contributed by atoms with Crippen molar-refractivity contribution in [3.63, 3.8) is 0 Å². The molecule has 0 unspecified atom stereocenters. The SMILES string of the molecule is CS(=O)(=O)c1ccc(OCCNC(=O)[C@@]23CCCC[C@H]2CNC3)cc1. The number of sulfone groups is 1. The Balaban J connectivity index is 1.47. The summed E-state index contributed by atoms with van der Waals surface area (Å²) in [6.45, 7) is 2.52. The third-order valence-corrected chi connectivity index (χ3v) is 6.53. The van der Waals surface area contributed by atoms with E-state index in [1.807, 2.05) is 0 Å². The van der Waals surface area contributed by atoms with Gasteiger partial charge in [-0.1, -0.05) is 12.8 Å². The Labute approximate surface area is 149 Å². The fourth-order valence-electron chi connectivity index (χ4n) is 3.98. The van der Waals surface area contributed by atoms with Gasteiger partial charge in [-0.25, -0.2) is 8.42 Å². The highest BCUT2D eigenvalue weighted by molar-refractivity contribution is 7.90. The quantitative estimate of drug-likeness (QED) is 0.743. The summed E-state index contributed by atoms with van der Waals surface area (Å²) in [5.74, 6) is 1.18. The second kappa shape index (κ2) is 7.33. The summed E-state index contributed by atoms with van der Waals surface area (Å²) in [5.41, 5.74) is -0.241. The maximum absolute atomic E-state index is 12.7. The van der Waals surface area contributed by atoms with Gasteiger partial charge in [-0.15, -0.1) is 0 Å². The van der Waals surface area contributed by atoms with E-state index in [1.54, 1.807) is 12.1 Å². The van der Waals surface area contributed by atoms with Gasteiger partial charge in [0.05, 0.1) is 16.9 Å². The van der Waals surface area contributed by atoms with E-state index in [1.165, 1.54) is 24.8 Å². The monoisotopic (exact) mass is 366 g/mol. The number of benzene rings is 1. The molecule has 2 aliphatic rings. The molecule has 0 bridgehead atoms. The lowest BCUT2D eigenvalue weighted by Gasteiger charge is -2.37. The van der Waals surface area contributed by atoms with E-state index in [9.17, 15) is 13.2 Å². The minimum absolute atomic E-state index is 0.137. The Morgan fingerprint density at radius 2 is 2.08 bits per heavy atom. The number of hydrogen-bond acceptors (Lipinski definition) is 5. The van der Waals surface area contributed by atoms with Gasteiger partial charge in [0, 0.05) is 12.8 Å². The lowest BCUT2D eigenvalue weighted by atomic mass is 9.67. The Morgan fingerprint density at radius 3 is 2.80 bits per heavy atom. The average Bonchev–Trinajstić information content (AvgIpc) is 3.03. The fraction of sp³-hybridized carbons (Fsp3) is 0.611. The number of rotatable bonds is 6. The summed E-state index contributed by atoms with van der Waals surface area (Å²) >= 11 is 0. The van der Waals surface area contributed by atoms with Crippen LogP contribution in [0, 0.1) is 11.3 Å². The maximum Gasteiger partial charge on any atom is 0.227 e. The van der Waals surface area contributed by atoms with E-state index in [0.717, 1.165) is 32.4 Å². The van der Waals surface area contributed by atoms with Crippen LogP contribution < -0.4 is 15.4 Å². The van der Waals surface area contributed by atoms with E-state index in [-0.39, 0.29) is 16.2 Å². The van der Waals surface area contributed by atoms with Crippen LogP contribution in [0.3, 0.4) is 0 Å². The molecule has 6 nitrogen and oxygen atoms in total. The molecule has 1 amide bonds. The third-order valence-electron chi connectivity index (χ3n) is 5.40. The first kappa shape index (κ1) is 18.2. The first-order chi connectivity index (χ1) is 11.9.